The lowest BCUT2D eigenvalue weighted by Crippen LogP contribution is -2.30. The second-order valence-electron chi connectivity index (χ2n) is 30.0. The number of carbonyl (C=O) groups excluding carboxylic acids is 4. The fraction of sp³-hybridized carbons (Fsp3) is 0.950. The van der Waals surface area contributed by atoms with Gasteiger partial charge < -0.3 is 33.8 Å². The third kappa shape index (κ3) is 72.8. The molecule has 0 bridgehead atoms. The first-order chi connectivity index (χ1) is 47.8. The van der Waals surface area contributed by atoms with Crippen LogP contribution in [0.25, 0.3) is 0 Å². The molecule has 0 aromatic heterocycles. The van der Waals surface area contributed by atoms with Crippen LogP contribution in [0, 0.1) is 17.8 Å². The molecule has 0 fully saturated rings. The Hall–Kier alpha value is -1.94. The Morgan fingerprint density at radius 3 is 0.768 bits per heavy atom. The number of hydrogen-bond acceptors (Lipinski definition) is 15. The molecule has 0 aliphatic rings. The molecule has 0 saturated carbocycles. The Balaban J connectivity index is 5.26. The van der Waals surface area contributed by atoms with Gasteiger partial charge >= 0.3 is 39.5 Å². The van der Waals surface area contributed by atoms with Crippen LogP contribution in [0.2, 0.25) is 0 Å². The summed E-state index contributed by atoms with van der Waals surface area (Å²) in [7, 11) is -9.92. The van der Waals surface area contributed by atoms with E-state index in [2.05, 4.69) is 48.5 Å². The summed E-state index contributed by atoms with van der Waals surface area (Å²) < 4.78 is 68.7. The van der Waals surface area contributed by atoms with E-state index in [4.69, 9.17) is 37.0 Å². The zero-order valence-corrected chi connectivity index (χ0v) is 66.8. The van der Waals surface area contributed by atoms with Crippen LogP contribution in [0.1, 0.15) is 414 Å². The molecule has 0 aliphatic heterocycles. The van der Waals surface area contributed by atoms with Gasteiger partial charge in [0.2, 0.25) is 0 Å². The molecule has 0 radical (unpaired) electrons. The third-order valence-electron chi connectivity index (χ3n) is 19.0. The van der Waals surface area contributed by atoms with Crippen LogP contribution in [-0.4, -0.2) is 96.7 Å². The molecule has 0 amide bonds. The summed E-state index contributed by atoms with van der Waals surface area (Å²) in [6, 6.07) is 0. The van der Waals surface area contributed by atoms with Gasteiger partial charge in [0.1, 0.15) is 19.3 Å². The molecule has 0 aliphatic carbocycles. The number of ether oxygens (including phenoxy) is 4. The molecule has 19 heteroatoms. The van der Waals surface area contributed by atoms with Crippen LogP contribution in [-0.2, 0) is 65.4 Å². The average molecular weight is 1450 g/mol. The fourth-order valence-electron chi connectivity index (χ4n) is 12.3. The lowest BCUT2D eigenvalue weighted by atomic mass is 9.99. The van der Waals surface area contributed by atoms with Crippen LogP contribution in [0.15, 0.2) is 0 Å². The van der Waals surface area contributed by atoms with Crippen LogP contribution in [0.5, 0.6) is 0 Å². The van der Waals surface area contributed by atoms with E-state index in [1.165, 1.54) is 225 Å². The highest BCUT2D eigenvalue weighted by molar-refractivity contribution is 7.47. The van der Waals surface area contributed by atoms with Gasteiger partial charge in [0.25, 0.3) is 0 Å². The largest absolute Gasteiger partial charge is 0.472 e. The fourth-order valence-corrected chi connectivity index (χ4v) is 13.9. The smallest absolute Gasteiger partial charge is 0.462 e. The van der Waals surface area contributed by atoms with Crippen LogP contribution in [0.3, 0.4) is 0 Å². The topological polar surface area (TPSA) is 237 Å². The maximum Gasteiger partial charge on any atom is 0.472 e. The van der Waals surface area contributed by atoms with Crippen LogP contribution >= 0.6 is 15.6 Å². The van der Waals surface area contributed by atoms with Crippen molar-refractivity contribution in [3.63, 3.8) is 0 Å². The van der Waals surface area contributed by atoms with Crippen molar-refractivity contribution in [3.05, 3.63) is 0 Å². The number of unbranched alkanes of at least 4 members (excludes halogenated alkanes) is 45. The summed E-state index contributed by atoms with van der Waals surface area (Å²) in [5.41, 5.74) is 0. The van der Waals surface area contributed by atoms with Gasteiger partial charge in [0.05, 0.1) is 26.4 Å². The summed E-state index contributed by atoms with van der Waals surface area (Å²) in [6.07, 6.45) is 58.1. The number of aliphatic hydroxyl groups is 1. The summed E-state index contributed by atoms with van der Waals surface area (Å²) in [5, 5.41) is 10.6. The third-order valence-corrected chi connectivity index (χ3v) is 20.9. The number of phosphoric ester groups is 2. The van der Waals surface area contributed by atoms with E-state index < -0.39 is 97.5 Å². The standard InChI is InChI=1S/C80H156O17P2/c1-8-10-11-12-13-14-15-20-24-33-40-47-54-61-77(82)90-67-76(97-80(85)64-57-50-43-36-28-26-31-38-45-52-59-72(5)6)70-95-99(88,89)93-66-74(81)65-92-98(86,87)94-69-75(68-91-78(83)62-55-48-41-34-29-27-32-39-46-53-60-73(7)9-2)96-79(84)63-56-49-42-35-25-22-19-17-16-18-21-23-30-37-44-51-58-71(3)4/h71-76,81H,8-70H2,1-7H3,(H,86,87)(H,88,89)/t73?,74-,75-,76-/m1/s1. The lowest BCUT2D eigenvalue weighted by molar-refractivity contribution is -0.161. The molecule has 588 valence electrons. The number of phosphoric acid groups is 2. The molecule has 3 N–H and O–H groups in total. The number of esters is 4. The van der Waals surface area contributed by atoms with Gasteiger partial charge in [-0.05, 0) is 43.4 Å². The molecule has 6 atom stereocenters. The lowest BCUT2D eigenvalue weighted by Gasteiger charge is -2.21. The summed E-state index contributed by atoms with van der Waals surface area (Å²) in [6.45, 7) is 12.0. The second kappa shape index (κ2) is 70.4. The van der Waals surface area contributed by atoms with E-state index in [9.17, 15) is 43.2 Å². The highest BCUT2D eigenvalue weighted by atomic mass is 31.2. The first kappa shape index (κ1) is 97.1. The van der Waals surface area contributed by atoms with Crippen molar-refractivity contribution in [2.45, 2.75) is 433 Å². The number of rotatable bonds is 78. The van der Waals surface area contributed by atoms with Crippen molar-refractivity contribution in [2.75, 3.05) is 39.6 Å². The zero-order valence-electron chi connectivity index (χ0n) is 65.0. The van der Waals surface area contributed by atoms with Crippen molar-refractivity contribution in [2.24, 2.45) is 17.8 Å². The monoisotopic (exact) mass is 1450 g/mol. The minimum Gasteiger partial charge on any atom is -0.462 e. The zero-order chi connectivity index (χ0) is 73.0. The van der Waals surface area contributed by atoms with Gasteiger partial charge in [-0.15, -0.1) is 0 Å². The number of hydrogen-bond donors (Lipinski definition) is 3. The van der Waals surface area contributed by atoms with E-state index in [0.29, 0.717) is 25.7 Å². The van der Waals surface area contributed by atoms with Gasteiger partial charge in [-0.25, -0.2) is 9.13 Å². The van der Waals surface area contributed by atoms with Gasteiger partial charge in [0.15, 0.2) is 12.2 Å². The van der Waals surface area contributed by atoms with Crippen molar-refractivity contribution in [3.8, 4) is 0 Å². The predicted octanol–water partition coefficient (Wildman–Crippen LogP) is 23.7. The number of carbonyl (C=O) groups is 4. The highest BCUT2D eigenvalue weighted by Gasteiger charge is 2.30. The average Bonchev–Trinajstić information content (AvgIpc) is 0.952. The summed E-state index contributed by atoms with van der Waals surface area (Å²) >= 11 is 0. The SMILES string of the molecule is CCCCCCCCCCCCCCCC(=O)OC[C@H](COP(=O)(O)OC[C@H](O)COP(=O)(O)OC[C@@H](COC(=O)CCCCCCCCCCCCC(C)CC)OC(=O)CCCCCCCCCCCCCCCCCCC(C)C)OC(=O)CCCCCCCCCCCCC(C)C. The highest BCUT2D eigenvalue weighted by Crippen LogP contribution is 2.45. The van der Waals surface area contributed by atoms with E-state index in [0.717, 1.165) is 108 Å². The summed E-state index contributed by atoms with van der Waals surface area (Å²) in [4.78, 5) is 73.0. The second-order valence-corrected chi connectivity index (χ2v) is 32.9. The predicted molar refractivity (Wildman–Crippen MR) is 405 cm³/mol. The van der Waals surface area contributed by atoms with Crippen molar-refractivity contribution >= 4 is 39.5 Å². The Labute approximate surface area is 607 Å². The molecule has 17 nitrogen and oxygen atoms in total. The maximum absolute atomic E-state index is 13.1. The van der Waals surface area contributed by atoms with Crippen molar-refractivity contribution in [1.29, 1.82) is 0 Å². The van der Waals surface area contributed by atoms with Gasteiger partial charge in [0, 0.05) is 25.7 Å². The van der Waals surface area contributed by atoms with E-state index >= 15 is 0 Å². The molecular weight excluding hydrogens is 1290 g/mol. The Bertz CT molecular complexity index is 1920. The van der Waals surface area contributed by atoms with Crippen LogP contribution in [0.4, 0.5) is 0 Å². The van der Waals surface area contributed by atoms with Crippen LogP contribution < -0.4 is 0 Å². The Morgan fingerprint density at radius 1 is 0.293 bits per heavy atom. The molecular formula is C80H156O17P2. The van der Waals surface area contributed by atoms with E-state index in [-0.39, 0.29) is 25.7 Å². The van der Waals surface area contributed by atoms with E-state index in [1.54, 1.807) is 0 Å². The summed E-state index contributed by atoms with van der Waals surface area (Å²) in [5.74, 6) is 0.260. The van der Waals surface area contributed by atoms with Gasteiger partial charge in [-0.1, -0.05) is 363 Å². The molecule has 0 aromatic rings. The van der Waals surface area contributed by atoms with Crippen molar-refractivity contribution in [1.82, 2.24) is 0 Å². The molecule has 0 aromatic carbocycles. The number of aliphatic hydroxyl groups excluding tert-OH is 1. The first-order valence-corrected chi connectivity index (χ1v) is 44.4. The molecule has 0 spiro atoms. The van der Waals surface area contributed by atoms with E-state index in [1.807, 2.05) is 0 Å². The molecule has 3 unspecified atom stereocenters. The van der Waals surface area contributed by atoms with Gasteiger partial charge in [-0.2, -0.15) is 0 Å². The molecule has 0 heterocycles. The minimum absolute atomic E-state index is 0.106. The van der Waals surface area contributed by atoms with Gasteiger partial charge in [-0.3, -0.25) is 37.3 Å². The molecule has 0 saturated heterocycles. The molecule has 0 rings (SSSR count). The molecule has 99 heavy (non-hydrogen) atoms. The normalized spacial score (nSPS) is 14.3. The van der Waals surface area contributed by atoms with Crippen molar-refractivity contribution < 1.29 is 80.2 Å². The Morgan fingerprint density at radius 2 is 0.515 bits per heavy atom. The first-order valence-electron chi connectivity index (χ1n) is 41.4. The maximum atomic E-state index is 13.1. The Kier molecular flexibility index (Phi) is 69.0. The minimum atomic E-state index is -4.96. The quantitative estimate of drug-likeness (QED) is 0.0222.